The minimum Gasteiger partial charge on any atom is -0.496 e. The molecule has 1 aromatic heterocycles. The molecule has 1 aromatic rings. The van der Waals surface area contributed by atoms with Crippen molar-refractivity contribution in [3.05, 3.63) is 36.2 Å². The Labute approximate surface area is 131 Å². The van der Waals surface area contributed by atoms with Crippen LogP contribution in [0.4, 0.5) is 0 Å². The fraction of sp³-hybridized carbons (Fsp3) is 0.579. The zero-order valence-corrected chi connectivity index (χ0v) is 13.1. The maximum Gasteiger partial charge on any atom is 0.190 e. The molecule has 0 N–H and O–H groups in total. The van der Waals surface area contributed by atoms with Gasteiger partial charge in [0.15, 0.2) is 5.78 Å². The van der Waals surface area contributed by atoms with Crippen molar-refractivity contribution < 1.29 is 9.53 Å². The van der Waals surface area contributed by atoms with Crippen LogP contribution in [-0.4, -0.2) is 17.9 Å². The number of carbonyl (C=O) groups excluding carboxylic acids is 1. The fourth-order valence-corrected chi connectivity index (χ4v) is 5.47. The number of hydrogen-bond acceptors (Lipinski definition) is 3. The molecule has 0 atom stereocenters. The number of methoxy groups -OCH3 is 1. The first-order valence-corrected chi connectivity index (χ1v) is 8.39. The Bertz CT molecular complexity index is 584. The Balaban J connectivity index is 1.55. The number of aromatic nitrogens is 1. The lowest BCUT2D eigenvalue weighted by Crippen LogP contribution is -2.45. The Morgan fingerprint density at radius 3 is 2.45 bits per heavy atom. The Kier molecular flexibility index (Phi) is 3.32. The van der Waals surface area contributed by atoms with Crippen LogP contribution >= 0.6 is 0 Å². The molecule has 3 nitrogen and oxygen atoms in total. The van der Waals surface area contributed by atoms with Crippen molar-refractivity contribution in [3.63, 3.8) is 0 Å². The molecule has 0 amide bonds. The van der Waals surface area contributed by atoms with Gasteiger partial charge >= 0.3 is 0 Å². The van der Waals surface area contributed by atoms with Gasteiger partial charge in [-0.15, -0.1) is 0 Å². The summed E-state index contributed by atoms with van der Waals surface area (Å²) < 4.78 is 5.27. The molecule has 0 radical (unpaired) electrons. The molecule has 4 bridgehead atoms. The quantitative estimate of drug-likeness (QED) is 0.622. The van der Waals surface area contributed by atoms with E-state index in [9.17, 15) is 4.79 Å². The van der Waals surface area contributed by atoms with E-state index in [0.717, 1.165) is 17.8 Å². The predicted molar refractivity (Wildman–Crippen MR) is 84.9 cm³/mol. The highest BCUT2D eigenvalue weighted by atomic mass is 16.5. The van der Waals surface area contributed by atoms with Crippen molar-refractivity contribution in [1.82, 2.24) is 4.98 Å². The summed E-state index contributed by atoms with van der Waals surface area (Å²) in [7, 11) is 1.59. The van der Waals surface area contributed by atoms with E-state index in [1.54, 1.807) is 31.6 Å². The summed E-state index contributed by atoms with van der Waals surface area (Å²) in [4.78, 5) is 16.6. The Morgan fingerprint density at radius 1 is 1.23 bits per heavy atom. The standard InChI is InChI=1S/C19H23NO2/c1-22-18-3-5-20-12-16(18)17(21)2-4-19-9-13-6-14(10-19)8-15(7-13)11-19/h2-5,12-15H,6-11H2,1H3/b4-2+. The summed E-state index contributed by atoms with van der Waals surface area (Å²) in [5, 5.41) is 0. The van der Waals surface area contributed by atoms with Gasteiger partial charge in [0.05, 0.1) is 12.7 Å². The van der Waals surface area contributed by atoms with Gasteiger partial charge in [-0.3, -0.25) is 9.78 Å². The van der Waals surface area contributed by atoms with Crippen LogP contribution < -0.4 is 4.74 Å². The van der Waals surface area contributed by atoms with E-state index in [1.807, 2.05) is 0 Å². The number of rotatable bonds is 4. The summed E-state index contributed by atoms with van der Waals surface area (Å²) in [6, 6.07) is 1.74. The van der Waals surface area contributed by atoms with E-state index in [1.165, 1.54) is 38.5 Å². The van der Waals surface area contributed by atoms with Gasteiger partial charge in [-0.1, -0.05) is 6.08 Å². The highest BCUT2D eigenvalue weighted by Crippen LogP contribution is 2.60. The fourth-order valence-electron chi connectivity index (χ4n) is 5.47. The van der Waals surface area contributed by atoms with Crippen molar-refractivity contribution in [3.8, 4) is 5.75 Å². The molecule has 0 aliphatic heterocycles. The average molecular weight is 297 g/mol. The van der Waals surface area contributed by atoms with Crippen LogP contribution in [0.3, 0.4) is 0 Å². The van der Waals surface area contributed by atoms with Crippen molar-refractivity contribution in [1.29, 1.82) is 0 Å². The number of nitrogens with zero attached hydrogens (tertiary/aromatic N) is 1. The van der Waals surface area contributed by atoms with E-state index >= 15 is 0 Å². The second kappa shape index (κ2) is 5.22. The minimum absolute atomic E-state index is 0.0145. The first-order valence-electron chi connectivity index (χ1n) is 8.39. The lowest BCUT2D eigenvalue weighted by Gasteiger charge is -2.55. The first kappa shape index (κ1) is 14.0. The van der Waals surface area contributed by atoms with Gasteiger partial charge in [0.2, 0.25) is 0 Å². The highest BCUT2D eigenvalue weighted by Gasteiger charge is 2.49. The number of allylic oxidation sites excluding steroid dienone is 2. The molecule has 0 saturated heterocycles. The van der Waals surface area contributed by atoms with Gasteiger partial charge in [-0.25, -0.2) is 0 Å². The minimum atomic E-state index is 0.0145. The van der Waals surface area contributed by atoms with Crippen LogP contribution in [0, 0.1) is 23.2 Å². The summed E-state index contributed by atoms with van der Waals surface area (Å²) in [5.41, 5.74) is 0.853. The molecule has 5 rings (SSSR count). The summed E-state index contributed by atoms with van der Waals surface area (Å²) in [6.45, 7) is 0. The summed E-state index contributed by atoms with van der Waals surface area (Å²) in [5.74, 6) is 3.33. The Morgan fingerprint density at radius 2 is 1.86 bits per heavy atom. The van der Waals surface area contributed by atoms with Crippen molar-refractivity contribution in [2.45, 2.75) is 38.5 Å². The molecule has 0 unspecified atom stereocenters. The molecular formula is C19H23NO2. The van der Waals surface area contributed by atoms with Crippen LogP contribution in [0.25, 0.3) is 0 Å². The number of ether oxygens (including phenoxy) is 1. The first-order chi connectivity index (χ1) is 10.7. The van der Waals surface area contributed by atoms with E-state index < -0.39 is 0 Å². The van der Waals surface area contributed by atoms with Crippen LogP contribution in [0.15, 0.2) is 30.6 Å². The van der Waals surface area contributed by atoms with Crippen LogP contribution in [0.2, 0.25) is 0 Å². The monoisotopic (exact) mass is 297 g/mol. The van der Waals surface area contributed by atoms with Crippen LogP contribution in [0.1, 0.15) is 48.9 Å². The van der Waals surface area contributed by atoms with E-state index in [-0.39, 0.29) is 5.78 Å². The van der Waals surface area contributed by atoms with Gasteiger partial charge in [0.1, 0.15) is 5.75 Å². The third kappa shape index (κ3) is 2.37. The molecule has 22 heavy (non-hydrogen) atoms. The molecule has 4 aliphatic carbocycles. The van der Waals surface area contributed by atoms with Gasteiger partial charge in [0, 0.05) is 12.4 Å². The zero-order valence-electron chi connectivity index (χ0n) is 13.1. The van der Waals surface area contributed by atoms with Gasteiger partial charge in [-0.05, 0) is 73.8 Å². The molecule has 4 aliphatic rings. The van der Waals surface area contributed by atoms with E-state index in [4.69, 9.17) is 4.74 Å². The molecule has 116 valence electrons. The number of carbonyl (C=O) groups is 1. The topological polar surface area (TPSA) is 39.2 Å². The molecule has 3 heteroatoms. The highest BCUT2D eigenvalue weighted by molar-refractivity contribution is 6.06. The number of ketones is 1. The van der Waals surface area contributed by atoms with Crippen molar-refractivity contribution >= 4 is 5.78 Å². The Hall–Kier alpha value is -1.64. The largest absolute Gasteiger partial charge is 0.496 e. The molecule has 1 heterocycles. The third-order valence-corrected chi connectivity index (χ3v) is 5.94. The molecule has 0 aromatic carbocycles. The van der Waals surface area contributed by atoms with Crippen LogP contribution in [-0.2, 0) is 0 Å². The molecular weight excluding hydrogens is 274 g/mol. The maximum atomic E-state index is 12.5. The third-order valence-electron chi connectivity index (χ3n) is 5.94. The van der Waals surface area contributed by atoms with Gasteiger partial charge in [-0.2, -0.15) is 0 Å². The zero-order chi connectivity index (χ0) is 15.2. The number of hydrogen-bond donors (Lipinski definition) is 0. The normalized spacial score (nSPS) is 36.0. The van der Waals surface area contributed by atoms with Crippen LogP contribution in [0.5, 0.6) is 5.75 Å². The maximum absolute atomic E-state index is 12.5. The van der Waals surface area contributed by atoms with Crippen molar-refractivity contribution in [2.75, 3.05) is 7.11 Å². The van der Waals surface area contributed by atoms with E-state index in [0.29, 0.717) is 16.7 Å². The SMILES string of the molecule is COc1ccncc1C(=O)/C=C/C12CC3CC(CC(C3)C1)C2. The van der Waals surface area contributed by atoms with Gasteiger partial charge in [0.25, 0.3) is 0 Å². The lowest BCUT2D eigenvalue weighted by atomic mass is 9.49. The van der Waals surface area contributed by atoms with E-state index in [2.05, 4.69) is 11.1 Å². The molecule has 0 spiro atoms. The molecule has 4 saturated carbocycles. The van der Waals surface area contributed by atoms with Crippen molar-refractivity contribution in [2.24, 2.45) is 23.2 Å². The summed E-state index contributed by atoms with van der Waals surface area (Å²) >= 11 is 0. The number of pyridine rings is 1. The van der Waals surface area contributed by atoms with Gasteiger partial charge < -0.3 is 4.74 Å². The lowest BCUT2D eigenvalue weighted by molar-refractivity contribution is -0.0238. The average Bonchev–Trinajstić information content (AvgIpc) is 2.51. The smallest absolute Gasteiger partial charge is 0.190 e. The predicted octanol–water partition coefficient (Wildman–Crippen LogP) is 4.05. The summed E-state index contributed by atoms with van der Waals surface area (Å²) in [6.07, 6.45) is 15.4. The second-order valence-electron chi connectivity index (χ2n) is 7.55. The molecule has 4 fully saturated rings. The second-order valence-corrected chi connectivity index (χ2v) is 7.55.